The molecule has 1 saturated carbocycles. The number of hydrogen-bond acceptors (Lipinski definition) is 3. The van der Waals surface area contributed by atoms with Crippen LogP contribution in [0.15, 0.2) is 24.3 Å². The molecule has 0 radical (unpaired) electrons. The molecule has 0 aromatic heterocycles. The largest absolute Gasteiger partial charge is 0.467 e. The van der Waals surface area contributed by atoms with Gasteiger partial charge in [0.15, 0.2) is 0 Å². The standard InChI is InChI=1S/C16H22ClNO2/c1-3-12-7-6-10-16(11-12,15(19)20-2)18-14-9-5-4-8-13(14)17/h4-5,8-9,12,18H,3,6-7,10-11H2,1-2H3. The molecule has 2 atom stereocenters. The molecule has 1 aromatic carbocycles. The molecule has 1 aliphatic rings. The van der Waals surface area contributed by atoms with E-state index in [1.807, 2.05) is 24.3 Å². The molecule has 0 spiro atoms. The van der Waals surface area contributed by atoms with Crippen LogP contribution in [0.1, 0.15) is 39.0 Å². The lowest BCUT2D eigenvalue weighted by Gasteiger charge is -2.39. The minimum Gasteiger partial charge on any atom is -0.467 e. The van der Waals surface area contributed by atoms with Gasteiger partial charge in [-0.15, -0.1) is 0 Å². The summed E-state index contributed by atoms with van der Waals surface area (Å²) in [7, 11) is 1.45. The van der Waals surface area contributed by atoms with Crippen molar-refractivity contribution in [3.8, 4) is 0 Å². The summed E-state index contributed by atoms with van der Waals surface area (Å²) in [6, 6.07) is 7.53. The number of para-hydroxylation sites is 1. The number of nitrogens with one attached hydrogen (secondary N) is 1. The number of rotatable bonds is 4. The van der Waals surface area contributed by atoms with E-state index in [4.69, 9.17) is 16.3 Å². The quantitative estimate of drug-likeness (QED) is 0.843. The summed E-state index contributed by atoms with van der Waals surface area (Å²) in [6.45, 7) is 2.17. The number of halogens is 1. The number of hydrogen-bond donors (Lipinski definition) is 1. The van der Waals surface area contributed by atoms with Crippen molar-refractivity contribution in [2.24, 2.45) is 5.92 Å². The molecule has 0 amide bonds. The van der Waals surface area contributed by atoms with Gasteiger partial charge in [-0.25, -0.2) is 4.79 Å². The highest BCUT2D eigenvalue weighted by atomic mass is 35.5. The van der Waals surface area contributed by atoms with Crippen LogP contribution in [-0.2, 0) is 9.53 Å². The average Bonchev–Trinajstić information content (AvgIpc) is 2.49. The smallest absolute Gasteiger partial charge is 0.331 e. The van der Waals surface area contributed by atoms with Crippen LogP contribution in [0.5, 0.6) is 0 Å². The first-order valence-corrected chi connectivity index (χ1v) is 7.60. The molecule has 20 heavy (non-hydrogen) atoms. The number of esters is 1. The zero-order valence-electron chi connectivity index (χ0n) is 12.1. The van der Waals surface area contributed by atoms with Crippen molar-refractivity contribution >= 4 is 23.3 Å². The minimum atomic E-state index is -0.640. The Morgan fingerprint density at radius 3 is 2.90 bits per heavy atom. The number of anilines is 1. The van der Waals surface area contributed by atoms with Gasteiger partial charge in [-0.2, -0.15) is 0 Å². The number of benzene rings is 1. The molecule has 4 heteroatoms. The van der Waals surface area contributed by atoms with Gasteiger partial charge >= 0.3 is 5.97 Å². The van der Waals surface area contributed by atoms with E-state index in [1.54, 1.807) is 0 Å². The SMILES string of the molecule is CCC1CCCC(Nc2ccccc2Cl)(C(=O)OC)C1. The topological polar surface area (TPSA) is 38.3 Å². The molecule has 1 aliphatic carbocycles. The highest BCUT2D eigenvalue weighted by Gasteiger charge is 2.43. The van der Waals surface area contributed by atoms with Crippen LogP contribution in [0.4, 0.5) is 5.69 Å². The van der Waals surface area contributed by atoms with Crippen LogP contribution in [0.2, 0.25) is 5.02 Å². The molecular formula is C16H22ClNO2. The van der Waals surface area contributed by atoms with Gasteiger partial charge in [0.25, 0.3) is 0 Å². The highest BCUT2D eigenvalue weighted by molar-refractivity contribution is 6.33. The molecular weight excluding hydrogens is 274 g/mol. The second kappa shape index (κ2) is 6.49. The lowest BCUT2D eigenvalue weighted by molar-refractivity contribution is -0.147. The summed E-state index contributed by atoms with van der Waals surface area (Å²) < 4.78 is 5.05. The summed E-state index contributed by atoms with van der Waals surface area (Å²) in [4.78, 5) is 12.3. The molecule has 110 valence electrons. The Morgan fingerprint density at radius 2 is 2.25 bits per heavy atom. The van der Waals surface area contributed by atoms with Crippen LogP contribution in [0.25, 0.3) is 0 Å². The van der Waals surface area contributed by atoms with Gasteiger partial charge in [-0.1, -0.05) is 49.9 Å². The number of methoxy groups -OCH3 is 1. The first kappa shape index (κ1) is 15.2. The van der Waals surface area contributed by atoms with Crippen molar-refractivity contribution in [3.05, 3.63) is 29.3 Å². The summed E-state index contributed by atoms with van der Waals surface area (Å²) in [6.07, 6.45) is 4.90. The Labute approximate surface area is 125 Å². The van der Waals surface area contributed by atoms with E-state index in [0.717, 1.165) is 31.4 Å². The van der Waals surface area contributed by atoms with Crippen molar-refractivity contribution < 1.29 is 9.53 Å². The van der Waals surface area contributed by atoms with Gasteiger partial charge in [0.1, 0.15) is 5.54 Å². The third-order valence-electron chi connectivity index (χ3n) is 4.25. The Kier molecular flexibility index (Phi) is 4.92. The zero-order chi connectivity index (χ0) is 14.6. The monoisotopic (exact) mass is 295 g/mol. The number of carbonyl (C=O) groups is 1. The van der Waals surface area contributed by atoms with Gasteiger partial charge in [0, 0.05) is 0 Å². The predicted molar refractivity (Wildman–Crippen MR) is 82.1 cm³/mol. The molecule has 1 fully saturated rings. The molecule has 0 aliphatic heterocycles. The lowest BCUT2D eigenvalue weighted by atomic mass is 9.74. The van der Waals surface area contributed by atoms with Crippen LogP contribution in [0, 0.1) is 5.92 Å². The normalized spacial score (nSPS) is 26.1. The van der Waals surface area contributed by atoms with E-state index in [2.05, 4.69) is 12.2 Å². The molecule has 1 N–H and O–H groups in total. The van der Waals surface area contributed by atoms with E-state index >= 15 is 0 Å². The summed E-state index contributed by atoms with van der Waals surface area (Å²) in [5, 5.41) is 4.00. The van der Waals surface area contributed by atoms with Crippen LogP contribution in [0.3, 0.4) is 0 Å². The fraction of sp³-hybridized carbons (Fsp3) is 0.562. The second-order valence-corrected chi connectivity index (χ2v) is 5.96. The summed E-state index contributed by atoms with van der Waals surface area (Å²) in [5.41, 5.74) is 0.162. The van der Waals surface area contributed by atoms with Crippen molar-refractivity contribution in [3.63, 3.8) is 0 Å². The van der Waals surface area contributed by atoms with Gasteiger partial charge in [-0.3, -0.25) is 0 Å². The van der Waals surface area contributed by atoms with Crippen LogP contribution < -0.4 is 5.32 Å². The van der Waals surface area contributed by atoms with Crippen LogP contribution in [-0.4, -0.2) is 18.6 Å². The zero-order valence-corrected chi connectivity index (χ0v) is 12.9. The van der Waals surface area contributed by atoms with Crippen LogP contribution >= 0.6 is 11.6 Å². The Balaban J connectivity index is 2.28. The van der Waals surface area contributed by atoms with E-state index in [0.29, 0.717) is 10.9 Å². The average molecular weight is 296 g/mol. The van der Waals surface area contributed by atoms with Crippen molar-refractivity contribution in [1.29, 1.82) is 0 Å². The van der Waals surface area contributed by atoms with E-state index in [9.17, 15) is 4.79 Å². The molecule has 0 heterocycles. The second-order valence-electron chi connectivity index (χ2n) is 5.55. The maximum absolute atomic E-state index is 12.3. The third-order valence-corrected chi connectivity index (χ3v) is 4.58. The lowest BCUT2D eigenvalue weighted by Crippen LogP contribution is -2.50. The first-order valence-electron chi connectivity index (χ1n) is 7.22. The summed E-state index contributed by atoms with van der Waals surface area (Å²) in [5.74, 6) is 0.369. The fourth-order valence-electron chi connectivity index (χ4n) is 3.10. The van der Waals surface area contributed by atoms with E-state index < -0.39 is 5.54 Å². The number of carbonyl (C=O) groups excluding carboxylic acids is 1. The molecule has 1 aromatic rings. The van der Waals surface area contributed by atoms with Crippen molar-refractivity contribution in [1.82, 2.24) is 0 Å². The summed E-state index contributed by atoms with van der Waals surface area (Å²) >= 11 is 6.21. The molecule has 2 unspecified atom stereocenters. The Bertz CT molecular complexity index is 477. The molecule has 3 nitrogen and oxygen atoms in total. The Hall–Kier alpha value is -1.22. The van der Waals surface area contributed by atoms with Gasteiger partial charge in [0.2, 0.25) is 0 Å². The van der Waals surface area contributed by atoms with E-state index in [1.165, 1.54) is 13.5 Å². The van der Waals surface area contributed by atoms with Gasteiger partial charge in [0.05, 0.1) is 17.8 Å². The minimum absolute atomic E-state index is 0.185. The van der Waals surface area contributed by atoms with E-state index in [-0.39, 0.29) is 5.97 Å². The highest BCUT2D eigenvalue weighted by Crippen LogP contribution is 2.38. The van der Waals surface area contributed by atoms with Gasteiger partial charge < -0.3 is 10.1 Å². The first-order chi connectivity index (χ1) is 9.61. The molecule has 2 rings (SSSR count). The third kappa shape index (κ3) is 3.09. The van der Waals surface area contributed by atoms with Gasteiger partial charge in [-0.05, 0) is 30.9 Å². The maximum atomic E-state index is 12.3. The molecule has 0 bridgehead atoms. The van der Waals surface area contributed by atoms with Crippen molar-refractivity contribution in [2.75, 3.05) is 12.4 Å². The van der Waals surface area contributed by atoms with Crippen molar-refractivity contribution in [2.45, 2.75) is 44.6 Å². The maximum Gasteiger partial charge on any atom is 0.331 e. The Morgan fingerprint density at radius 1 is 1.50 bits per heavy atom. The fourth-order valence-corrected chi connectivity index (χ4v) is 3.29. The predicted octanol–water partition coefficient (Wildman–Crippen LogP) is 4.26. The number of ether oxygens (including phenoxy) is 1. The molecule has 0 saturated heterocycles.